The Kier molecular flexibility index (Phi) is 4.16. The maximum absolute atomic E-state index is 12.2. The first-order valence-corrected chi connectivity index (χ1v) is 9.17. The molecule has 0 saturated carbocycles. The van der Waals surface area contributed by atoms with Crippen molar-refractivity contribution in [3.8, 4) is 28.5 Å². The number of fused-ring (bicyclic) bond motifs is 1. The molecule has 5 rings (SSSR count). The smallest absolute Gasteiger partial charge is 0.356 e. The van der Waals surface area contributed by atoms with E-state index in [1.54, 1.807) is 24.3 Å². The van der Waals surface area contributed by atoms with Crippen molar-refractivity contribution >= 4 is 5.97 Å². The van der Waals surface area contributed by atoms with Gasteiger partial charge in [-0.25, -0.2) is 4.79 Å². The number of hydrogen-bond donors (Lipinski definition) is 1. The number of esters is 1. The van der Waals surface area contributed by atoms with Gasteiger partial charge in [0.15, 0.2) is 11.5 Å². The first-order valence-electron chi connectivity index (χ1n) is 9.17. The number of H-pyrrole nitrogens is 1. The van der Waals surface area contributed by atoms with Crippen LogP contribution in [0.25, 0.3) is 22.8 Å². The van der Waals surface area contributed by atoms with Crippen molar-refractivity contribution in [1.29, 1.82) is 0 Å². The molecule has 0 saturated heterocycles. The van der Waals surface area contributed by atoms with E-state index in [1.807, 2.05) is 25.1 Å². The molecule has 0 bridgehead atoms. The average Bonchev–Trinajstić information content (AvgIpc) is 3.51. The highest BCUT2D eigenvalue weighted by molar-refractivity contribution is 5.88. The highest BCUT2D eigenvalue weighted by Gasteiger charge is 2.20. The Hall–Kier alpha value is -3.81. The van der Waals surface area contributed by atoms with Crippen molar-refractivity contribution in [2.24, 2.45) is 0 Å². The predicted molar refractivity (Wildman–Crippen MR) is 101 cm³/mol. The van der Waals surface area contributed by atoms with Gasteiger partial charge >= 0.3 is 5.97 Å². The van der Waals surface area contributed by atoms with Gasteiger partial charge < -0.3 is 18.4 Å². The summed E-state index contributed by atoms with van der Waals surface area (Å²) in [5.41, 5.74) is 3.31. The van der Waals surface area contributed by atoms with Crippen LogP contribution in [-0.2, 0) is 17.8 Å². The van der Waals surface area contributed by atoms with E-state index in [1.165, 1.54) is 11.8 Å². The maximum atomic E-state index is 12.2. The van der Waals surface area contributed by atoms with E-state index in [2.05, 4.69) is 15.4 Å². The number of nitrogens with one attached hydrogen (secondary N) is 1. The van der Waals surface area contributed by atoms with Crippen LogP contribution in [0, 0.1) is 0 Å². The number of ether oxygens (including phenoxy) is 2. The molecule has 1 aliphatic rings. The van der Waals surface area contributed by atoms with Gasteiger partial charge in [0.05, 0.1) is 6.26 Å². The normalized spacial score (nSPS) is 15.1. The molecule has 8 heteroatoms. The van der Waals surface area contributed by atoms with Gasteiger partial charge in [0.1, 0.15) is 35.5 Å². The number of nitrogens with zero attached hydrogens (tertiary/aromatic N) is 2. The molecule has 29 heavy (non-hydrogen) atoms. The van der Waals surface area contributed by atoms with Gasteiger partial charge in [-0.2, -0.15) is 5.10 Å². The molecule has 1 unspecified atom stereocenters. The largest absolute Gasteiger partial charge is 0.490 e. The summed E-state index contributed by atoms with van der Waals surface area (Å²) in [7, 11) is 0. The molecule has 0 amide bonds. The SMILES string of the molecule is CC1Cc2ccc(-c3cc(COC(=O)c4cc(-c5ccco5)n[nH]4)no3)cc2O1. The second kappa shape index (κ2) is 6.97. The van der Waals surface area contributed by atoms with Crippen molar-refractivity contribution in [2.45, 2.75) is 26.1 Å². The summed E-state index contributed by atoms with van der Waals surface area (Å²) in [6, 6.07) is 12.8. The van der Waals surface area contributed by atoms with Gasteiger partial charge in [-0.1, -0.05) is 17.3 Å². The van der Waals surface area contributed by atoms with E-state index in [4.69, 9.17) is 18.4 Å². The van der Waals surface area contributed by atoms with Crippen LogP contribution in [0.2, 0.25) is 0 Å². The van der Waals surface area contributed by atoms with Gasteiger partial charge in [0, 0.05) is 24.1 Å². The molecule has 146 valence electrons. The standard InChI is InChI=1S/C21H17N3O5/c1-12-7-13-4-5-14(8-19(13)28-12)20-9-15(24-29-20)11-27-21(25)17-10-16(22-23-17)18-3-2-6-26-18/h2-6,8-10,12H,7,11H2,1H3,(H,22,23). The number of benzene rings is 1. The lowest BCUT2D eigenvalue weighted by atomic mass is 10.1. The summed E-state index contributed by atoms with van der Waals surface area (Å²) in [6.07, 6.45) is 2.63. The number of aromatic amines is 1. The highest BCUT2D eigenvalue weighted by atomic mass is 16.5. The zero-order valence-corrected chi connectivity index (χ0v) is 15.5. The van der Waals surface area contributed by atoms with Crippen LogP contribution in [0.1, 0.15) is 28.7 Å². The third-order valence-corrected chi connectivity index (χ3v) is 4.67. The second-order valence-electron chi connectivity index (χ2n) is 6.86. The van der Waals surface area contributed by atoms with Crippen LogP contribution in [-0.4, -0.2) is 27.4 Å². The third kappa shape index (κ3) is 3.40. The van der Waals surface area contributed by atoms with Crippen LogP contribution < -0.4 is 4.74 Å². The summed E-state index contributed by atoms with van der Waals surface area (Å²) in [5, 5.41) is 10.7. The fourth-order valence-corrected chi connectivity index (χ4v) is 3.26. The van der Waals surface area contributed by atoms with Crippen molar-refractivity contribution in [1.82, 2.24) is 15.4 Å². The first kappa shape index (κ1) is 17.3. The minimum Gasteiger partial charge on any atom is -0.490 e. The van der Waals surface area contributed by atoms with Crippen LogP contribution in [0.5, 0.6) is 5.75 Å². The number of hydrogen-bond acceptors (Lipinski definition) is 7. The van der Waals surface area contributed by atoms with Gasteiger partial charge in [-0.15, -0.1) is 0 Å². The topological polar surface area (TPSA) is 103 Å². The van der Waals surface area contributed by atoms with Gasteiger partial charge in [-0.3, -0.25) is 5.10 Å². The summed E-state index contributed by atoms with van der Waals surface area (Å²) in [6.45, 7) is 2.02. The average molecular weight is 391 g/mol. The number of rotatable bonds is 5. The zero-order chi connectivity index (χ0) is 19.8. The Morgan fingerprint density at radius 3 is 3.03 bits per heavy atom. The molecule has 0 spiro atoms. The molecular formula is C21H17N3O5. The lowest BCUT2D eigenvalue weighted by Crippen LogP contribution is -2.05. The van der Waals surface area contributed by atoms with E-state index in [0.717, 1.165) is 17.7 Å². The summed E-state index contributed by atoms with van der Waals surface area (Å²) in [4.78, 5) is 12.2. The van der Waals surface area contributed by atoms with E-state index in [0.29, 0.717) is 22.9 Å². The van der Waals surface area contributed by atoms with Crippen LogP contribution in [0.4, 0.5) is 0 Å². The molecule has 1 atom stereocenters. The minimum atomic E-state index is -0.542. The van der Waals surface area contributed by atoms with E-state index in [-0.39, 0.29) is 18.4 Å². The summed E-state index contributed by atoms with van der Waals surface area (Å²) < 4.78 is 21.7. The van der Waals surface area contributed by atoms with E-state index in [9.17, 15) is 4.79 Å². The Morgan fingerprint density at radius 2 is 2.17 bits per heavy atom. The molecule has 4 aromatic rings. The number of carbonyl (C=O) groups is 1. The lowest BCUT2D eigenvalue weighted by molar-refractivity contribution is 0.0457. The summed E-state index contributed by atoms with van der Waals surface area (Å²) >= 11 is 0. The zero-order valence-electron chi connectivity index (χ0n) is 15.5. The Balaban J connectivity index is 1.24. The summed E-state index contributed by atoms with van der Waals surface area (Å²) in [5.74, 6) is 1.48. The molecule has 0 radical (unpaired) electrons. The molecule has 0 fully saturated rings. The monoisotopic (exact) mass is 391 g/mol. The second-order valence-corrected chi connectivity index (χ2v) is 6.86. The van der Waals surface area contributed by atoms with Crippen molar-refractivity contribution in [2.75, 3.05) is 0 Å². The Bertz CT molecular complexity index is 1160. The van der Waals surface area contributed by atoms with E-state index >= 15 is 0 Å². The lowest BCUT2D eigenvalue weighted by Gasteiger charge is -2.03. The van der Waals surface area contributed by atoms with Crippen molar-refractivity contribution < 1.29 is 23.2 Å². The minimum absolute atomic E-state index is 0.0179. The maximum Gasteiger partial charge on any atom is 0.356 e. The molecule has 1 N–H and O–H groups in total. The molecule has 0 aliphatic carbocycles. The third-order valence-electron chi connectivity index (χ3n) is 4.67. The number of furan rings is 1. The molecule has 8 nitrogen and oxygen atoms in total. The van der Waals surface area contributed by atoms with Crippen LogP contribution in [0.3, 0.4) is 0 Å². The molecule has 1 aliphatic heterocycles. The number of aromatic nitrogens is 3. The fourth-order valence-electron chi connectivity index (χ4n) is 3.26. The fraction of sp³-hybridized carbons (Fsp3) is 0.190. The van der Waals surface area contributed by atoms with Crippen LogP contribution >= 0.6 is 0 Å². The quantitative estimate of drug-likeness (QED) is 0.513. The molecule has 1 aromatic carbocycles. The van der Waals surface area contributed by atoms with Crippen molar-refractivity contribution in [3.05, 3.63) is 65.7 Å². The van der Waals surface area contributed by atoms with Crippen molar-refractivity contribution in [3.63, 3.8) is 0 Å². The molecular weight excluding hydrogens is 374 g/mol. The first-order chi connectivity index (χ1) is 14.2. The highest BCUT2D eigenvalue weighted by Crippen LogP contribution is 2.33. The molecule has 4 heterocycles. The molecule has 3 aromatic heterocycles. The van der Waals surface area contributed by atoms with Gasteiger partial charge in [-0.05, 0) is 30.7 Å². The number of carbonyl (C=O) groups excluding carboxylic acids is 1. The van der Waals surface area contributed by atoms with E-state index < -0.39 is 5.97 Å². The van der Waals surface area contributed by atoms with Crippen LogP contribution in [0.15, 0.2) is 57.7 Å². The van der Waals surface area contributed by atoms with Gasteiger partial charge in [0.2, 0.25) is 0 Å². The Labute approximate surface area is 165 Å². The van der Waals surface area contributed by atoms with Gasteiger partial charge in [0.25, 0.3) is 0 Å². The Morgan fingerprint density at radius 1 is 1.24 bits per heavy atom. The predicted octanol–water partition coefficient (Wildman–Crippen LogP) is 4.01.